The van der Waals surface area contributed by atoms with Crippen LogP contribution in [0.4, 0.5) is 14.6 Å². The number of hydrogen-bond donors (Lipinski definition) is 3. The van der Waals surface area contributed by atoms with Crippen molar-refractivity contribution in [3.05, 3.63) is 54.0 Å². The summed E-state index contributed by atoms with van der Waals surface area (Å²) >= 11 is 0. The van der Waals surface area contributed by atoms with Crippen molar-refractivity contribution in [3.8, 4) is 0 Å². The van der Waals surface area contributed by atoms with Gasteiger partial charge in [-0.1, -0.05) is 25.1 Å². The number of nitrogens with two attached hydrogens (primary N) is 1. The standard InChI is InChI=1S/C19H20F2N4O3/c1-9-13(26)19(25-6-5-12-17(22)23-8-24-18(12)25)28-15(9)14(27)10-3-2-4-11(7-10)16(20)21/h2-9,13-16,19,26-27H,1H3,(H2,22,23,24)/t9-,13-,14-,15+,19-/m1/s1. The highest BCUT2D eigenvalue weighted by Gasteiger charge is 2.45. The molecule has 1 fully saturated rings. The molecule has 1 aliphatic rings. The van der Waals surface area contributed by atoms with Crippen LogP contribution in [0.25, 0.3) is 11.0 Å². The van der Waals surface area contributed by atoms with Gasteiger partial charge in [0.15, 0.2) is 6.23 Å². The Kier molecular flexibility index (Phi) is 4.74. The van der Waals surface area contributed by atoms with Crippen molar-refractivity contribution in [1.29, 1.82) is 0 Å². The molecule has 148 valence electrons. The molecule has 0 spiro atoms. The quantitative estimate of drug-likeness (QED) is 0.632. The number of anilines is 1. The van der Waals surface area contributed by atoms with Gasteiger partial charge in [0.1, 0.15) is 30.0 Å². The van der Waals surface area contributed by atoms with Crippen LogP contribution in [0.15, 0.2) is 42.9 Å². The van der Waals surface area contributed by atoms with Gasteiger partial charge in [0, 0.05) is 17.7 Å². The average Bonchev–Trinajstić information content (AvgIpc) is 3.24. The maximum Gasteiger partial charge on any atom is 0.263 e. The van der Waals surface area contributed by atoms with E-state index in [0.29, 0.717) is 22.4 Å². The first kappa shape index (κ1) is 18.7. The van der Waals surface area contributed by atoms with Gasteiger partial charge >= 0.3 is 0 Å². The third-order valence-corrected chi connectivity index (χ3v) is 5.28. The number of aromatic nitrogens is 3. The zero-order chi connectivity index (χ0) is 20.0. The molecular weight excluding hydrogens is 370 g/mol. The number of alkyl halides is 2. The average molecular weight is 390 g/mol. The highest BCUT2D eigenvalue weighted by atomic mass is 19.3. The summed E-state index contributed by atoms with van der Waals surface area (Å²) in [7, 11) is 0. The number of halogens is 2. The Labute approximate surface area is 159 Å². The first-order chi connectivity index (χ1) is 13.4. The highest BCUT2D eigenvalue weighted by molar-refractivity contribution is 5.86. The van der Waals surface area contributed by atoms with Crippen LogP contribution in [0.1, 0.15) is 36.8 Å². The Morgan fingerprint density at radius 1 is 1.21 bits per heavy atom. The lowest BCUT2D eigenvalue weighted by molar-refractivity contribution is -0.0776. The second kappa shape index (κ2) is 7.08. The highest BCUT2D eigenvalue weighted by Crippen LogP contribution is 2.41. The van der Waals surface area contributed by atoms with Crippen LogP contribution in [-0.4, -0.2) is 37.0 Å². The number of fused-ring (bicyclic) bond motifs is 1. The van der Waals surface area contributed by atoms with Gasteiger partial charge in [-0.3, -0.25) is 0 Å². The maximum absolute atomic E-state index is 13.0. The molecule has 5 atom stereocenters. The van der Waals surface area contributed by atoms with Crippen molar-refractivity contribution in [2.75, 3.05) is 5.73 Å². The molecule has 3 aromatic rings. The molecule has 0 bridgehead atoms. The maximum atomic E-state index is 13.0. The number of benzene rings is 1. The molecule has 28 heavy (non-hydrogen) atoms. The molecule has 0 aliphatic carbocycles. The van der Waals surface area contributed by atoms with Crippen molar-refractivity contribution in [1.82, 2.24) is 14.5 Å². The van der Waals surface area contributed by atoms with Crippen molar-refractivity contribution in [2.45, 2.75) is 37.9 Å². The van der Waals surface area contributed by atoms with Crippen LogP contribution < -0.4 is 5.73 Å². The van der Waals surface area contributed by atoms with E-state index < -0.39 is 36.9 Å². The van der Waals surface area contributed by atoms with Crippen molar-refractivity contribution in [3.63, 3.8) is 0 Å². The molecule has 3 heterocycles. The largest absolute Gasteiger partial charge is 0.388 e. The lowest BCUT2D eigenvalue weighted by Gasteiger charge is -2.22. The van der Waals surface area contributed by atoms with E-state index in [2.05, 4.69) is 9.97 Å². The Bertz CT molecular complexity index is 996. The predicted molar refractivity (Wildman–Crippen MR) is 97.4 cm³/mol. The van der Waals surface area contributed by atoms with Crippen LogP contribution in [0.2, 0.25) is 0 Å². The fourth-order valence-corrected chi connectivity index (χ4v) is 3.68. The number of ether oxygens (including phenoxy) is 1. The van der Waals surface area contributed by atoms with E-state index in [0.717, 1.165) is 0 Å². The third kappa shape index (κ3) is 3.01. The molecule has 0 saturated carbocycles. The number of nitrogens with zero attached hydrogens (tertiary/aromatic N) is 3. The van der Waals surface area contributed by atoms with E-state index in [1.165, 1.54) is 24.5 Å². The van der Waals surface area contributed by atoms with Crippen LogP contribution in [0.5, 0.6) is 0 Å². The molecule has 4 rings (SSSR count). The number of aliphatic hydroxyl groups is 2. The summed E-state index contributed by atoms with van der Waals surface area (Å²) in [5, 5.41) is 22.1. The fraction of sp³-hybridized carbons (Fsp3) is 0.368. The second-order valence-electron chi connectivity index (χ2n) is 6.98. The van der Waals surface area contributed by atoms with Crippen LogP contribution in [-0.2, 0) is 4.74 Å². The second-order valence-corrected chi connectivity index (χ2v) is 6.98. The van der Waals surface area contributed by atoms with Gasteiger partial charge in [0.2, 0.25) is 0 Å². The van der Waals surface area contributed by atoms with Crippen molar-refractivity contribution in [2.24, 2.45) is 5.92 Å². The zero-order valence-corrected chi connectivity index (χ0v) is 15.0. The van der Waals surface area contributed by atoms with Crippen LogP contribution in [0, 0.1) is 5.92 Å². The fourth-order valence-electron chi connectivity index (χ4n) is 3.68. The number of nitrogen functional groups attached to an aromatic ring is 1. The van der Waals surface area contributed by atoms with E-state index in [9.17, 15) is 19.0 Å². The van der Waals surface area contributed by atoms with Gasteiger partial charge in [-0.15, -0.1) is 0 Å². The summed E-state index contributed by atoms with van der Waals surface area (Å²) in [6.45, 7) is 1.74. The normalized spacial score (nSPS) is 26.2. The summed E-state index contributed by atoms with van der Waals surface area (Å²) < 4.78 is 33.6. The predicted octanol–water partition coefficient (Wildman–Crippen LogP) is 2.58. The van der Waals surface area contributed by atoms with E-state index in [1.807, 2.05) is 0 Å². The van der Waals surface area contributed by atoms with E-state index in [4.69, 9.17) is 10.5 Å². The molecule has 0 unspecified atom stereocenters. The summed E-state index contributed by atoms with van der Waals surface area (Å²) in [5.41, 5.74) is 6.48. The first-order valence-corrected chi connectivity index (χ1v) is 8.85. The van der Waals surface area contributed by atoms with Crippen LogP contribution >= 0.6 is 0 Å². The minimum Gasteiger partial charge on any atom is -0.388 e. The number of rotatable bonds is 4. The van der Waals surface area contributed by atoms with Crippen molar-refractivity contribution < 1.29 is 23.7 Å². The number of hydrogen-bond acceptors (Lipinski definition) is 6. The Morgan fingerprint density at radius 3 is 2.71 bits per heavy atom. The van der Waals surface area contributed by atoms with Gasteiger partial charge in [-0.25, -0.2) is 18.7 Å². The Balaban J connectivity index is 1.64. The molecule has 4 N–H and O–H groups in total. The molecule has 0 radical (unpaired) electrons. The molecule has 9 heteroatoms. The first-order valence-electron chi connectivity index (χ1n) is 8.85. The van der Waals surface area contributed by atoms with Crippen LogP contribution in [0.3, 0.4) is 0 Å². The van der Waals surface area contributed by atoms with Crippen molar-refractivity contribution >= 4 is 16.9 Å². The lowest BCUT2D eigenvalue weighted by Crippen LogP contribution is -2.27. The molecule has 2 aromatic heterocycles. The molecule has 1 aromatic carbocycles. The summed E-state index contributed by atoms with van der Waals surface area (Å²) in [6.07, 6.45) is -3.34. The molecule has 0 amide bonds. The minimum absolute atomic E-state index is 0.178. The third-order valence-electron chi connectivity index (χ3n) is 5.28. The molecule has 1 saturated heterocycles. The Morgan fingerprint density at radius 2 is 1.96 bits per heavy atom. The summed E-state index contributed by atoms with van der Waals surface area (Å²) in [6, 6.07) is 7.30. The molecular formula is C19H20F2N4O3. The van der Waals surface area contributed by atoms with E-state index >= 15 is 0 Å². The van der Waals surface area contributed by atoms with Gasteiger partial charge in [0.25, 0.3) is 6.43 Å². The Hall–Kier alpha value is -2.62. The lowest BCUT2D eigenvalue weighted by atomic mass is 9.92. The van der Waals surface area contributed by atoms with E-state index in [1.54, 1.807) is 29.8 Å². The van der Waals surface area contributed by atoms with E-state index in [-0.39, 0.29) is 5.56 Å². The molecule has 7 nitrogen and oxygen atoms in total. The minimum atomic E-state index is -2.64. The SMILES string of the molecule is C[C@@H]1[C@@H](O)[C@H](n2ccc3c(N)ncnc32)O[C@@H]1[C@H](O)c1cccc(C(F)F)c1. The summed E-state index contributed by atoms with van der Waals surface area (Å²) in [5.74, 6) is -0.142. The van der Waals surface area contributed by atoms with Gasteiger partial charge < -0.3 is 25.3 Å². The molecule has 1 aliphatic heterocycles. The zero-order valence-electron chi connectivity index (χ0n) is 15.0. The van der Waals surface area contributed by atoms with Gasteiger partial charge in [0.05, 0.1) is 11.5 Å². The topological polar surface area (TPSA) is 106 Å². The van der Waals surface area contributed by atoms with Gasteiger partial charge in [-0.05, 0) is 17.7 Å². The number of aliphatic hydroxyl groups excluding tert-OH is 2. The summed E-state index contributed by atoms with van der Waals surface area (Å²) in [4.78, 5) is 8.14. The smallest absolute Gasteiger partial charge is 0.263 e. The van der Waals surface area contributed by atoms with Gasteiger partial charge in [-0.2, -0.15) is 0 Å². The monoisotopic (exact) mass is 390 g/mol.